The van der Waals surface area contributed by atoms with E-state index in [1.54, 1.807) is 0 Å². The molecule has 0 aliphatic carbocycles. The Hall–Kier alpha value is -0.850. The number of carbonyl (C=O) groups excluding carboxylic acids is 1. The van der Waals surface area contributed by atoms with Crippen LogP contribution in [-0.4, -0.2) is 79.0 Å². The molecule has 0 atom stereocenters. The van der Waals surface area contributed by atoms with Crippen LogP contribution in [0.5, 0.6) is 0 Å². The SMILES string of the molecule is CCN(CC)CCCN(CCO)CCCNC(=O)OC(C)(C)C. The summed E-state index contributed by atoms with van der Waals surface area (Å²) in [5, 5.41) is 11.9. The third-order valence-electron chi connectivity index (χ3n) is 3.58. The van der Waals surface area contributed by atoms with Crippen LogP contribution in [0.2, 0.25) is 0 Å². The van der Waals surface area contributed by atoms with Gasteiger partial charge in [-0.2, -0.15) is 0 Å². The summed E-state index contributed by atoms with van der Waals surface area (Å²) < 4.78 is 5.20. The fourth-order valence-electron chi connectivity index (χ4n) is 2.34. The Morgan fingerprint density at radius 1 is 1.00 bits per heavy atom. The smallest absolute Gasteiger partial charge is 0.407 e. The molecule has 0 spiro atoms. The zero-order valence-corrected chi connectivity index (χ0v) is 15.7. The van der Waals surface area contributed by atoms with Crippen molar-refractivity contribution in [3.63, 3.8) is 0 Å². The monoisotopic (exact) mass is 331 g/mol. The van der Waals surface area contributed by atoms with Gasteiger partial charge in [0.1, 0.15) is 5.60 Å². The summed E-state index contributed by atoms with van der Waals surface area (Å²) in [6.07, 6.45) is 1.58. The first-order valence-corrected chi connectivity index (χ1v) is 8.84. The Bertz CT molecular complexity index is 302. The number of alkyl carbamates (subject to hydrolysis) is 1. The molecular formula is C17H37N3O3. The minimum absolute atomic E-state index is 0.171. The maximum atomic E-state index is 11.5. The van der Waals surface area contributed by atoms with E-state index in [9.17, 15) is 4.79 Å². The molecule has 138 valence electrons. The molecule has 2 N–H and O–H groups in total. The average molecular weight is 332 g/mol. The quantitative estimate of drug-likeness (QED) is 0.535. The second-order valence-corrected chi connectivity index (χ2v) is 6.73. The van der Waals surface area contributed by atoms with Crippen LogP contribution in [0.25, 0.3) is 0 Å². The molecule has 0 saturated heterocycles. The third-order valence-corrected chi connectivity index (χ3v) is 3.58. The normalized spacial score (nSPS) is 12.0. The topological polar surface area (TPSA) is 65.0 Å². The van der Waals surface area contributed by atoms with Crippen LogP contribution in [0.1, 0.15) is 47.5 Å². The van der Waals surface area contributed by atoms with Crippen LogP contribution in [-0.2, 0) is 4.74 Å². The van der Waals surface area contributed by atoms with E-state index in [4.69, 9.17) is 9.84 Å². The summed E-state index contributed by atoms with van der Waals surface area (Å²) >= 11 is 0. The second-order valence-electron chi connectivity index (χ2n) is 6.73. The number of nitrogens with zero attached hydrogens (tertiary/aromatic N) is 2. The van der Waals surface area contributed by atoms with Crippen molar-refractivity contribution in [3.8, 4) is 0 Å². The van der Waals surface area contributed by atoms with E-state index in [1.807, 2.05) is 20.8 Å². The van der Waals surface area contributed by atoms with Crippen molar-refractivity contribution in [2.24, 2.45) is 0 Å². The van der Waals surface area contributed by atoms with Crippen molar-refractivity contribution in [2.75, 3.05) is 52.4 Å². The number of aliphatic hydroxyl groups excluding tert-OH is 1. The van der Waals surface area contributed by atoms with Gasteiger partial charge in [-0.15, -0.1) is 0 Å². The average Bonchev–Trinajstić information content (AvgIpc) is 2.46. The number of rotatable bonds is 12. The van der Waals surface area contributed by atoms with E-state index in [-0.39, 0.29) is 12.7 Å². The predicted octanol–water partition coefficient (Wildman–Crippen LogP) is 1.93. The molecule has 0 radical (unpaired) electrons. The lowest BCUT2D eigenvalue weighted by molar-refractivity contribution is 0.0525. The van der Waals surface area contributed by atoms with E-state index >= 15 is 0 Å². The summed E-state index contributed by atoms with van der Waals surface area (Å²) in [6.45, 7) is 16.5. The molecule has 0 aromatic carbocycles. The molecule has 1 amide bonds. The lowest BCUT2D eigenvalue weighted by Gasteiger charge is -2.24. The Morgan fingerprint density at radius 2 is 1.57 bits per heavy atom. The molecule has 0 fully saturated rings. The Labute approximate surface area is 142 Å². The fraction of sp³-hybridized carbons (Fsp3) is 0.941. The maximum Gasteiger partial charge on any atom is 0.407 e. The molecule has 0 bridgehead atoms. The van der Waals surface area contributed by atoms with Crippen molar-refractivity contribution in [1.29, 1.82) is 0 Å². The summed E-state index contributed by atoms with van der Waals surface area (Å²) in [7, 11) is 0. The highest BCUT2D eigenvalue weighted by atomic mass is 16.6. The molecule has 0 aliphatic rings. The van der Waals surface area contributed by atoms with Crippen LogP contribution in [0.3, 0.4) is 0 Å². The van der Waals surface area contributed by atoms with E-state index in [2.05, 4.69) is 29.0 Å². The minimum atomic E-state index is -0.461. The summed E-state index contributed by atoms with van der Waals surface area (Å²) in [5.41, 5.74) is -0.461. The highest BCUT2D eigenvalue weighted by Crippen LogP contribution is 2.06. The highest BCUT2D eigenvalue weighted by Gasteiger charge is 2.15. The highest BCUT2D eigenvalue weighted by molar-refractivity contribution is 5.67. The van der Waals surface area contributed by atoms with Gasteiger partial charge in [0.2, 0.25) is 0 Å². The molecule has 0 aromatic heterocycles. The van der Waals surface area contributed by atoms with Gasteiger partial charge in [0.15, 0.2) is 0 Å². The van der Waals surface area contributed by atoms with Gasteiger partial charge in [0.25, 0.3) is 0 Å². The van der Waals surface area contributed by atoms with Crippen LogP contribution < -0.4 is 5.32 Å². The van der Waals surface area contributed by atoms with Crippen LogP contribution in [0, 0.1) is 0 Å². The number of nitrogens with one attached hydrogen (secondary N) is 1. The van der Waals surface area contributed by atoms with Crippen molar-refractivity contribution in [3.05, 3.63) is 0 Å². The molecule has 6 heteroatoms. The van der Waals surface area contributed by atoms with Gasteiger partial charge in [-0.3, -0.25) is 0 Å². The van der Waals surface area contributed by atoms with Crippen LogP contribution in [0.4, 0.5) is 4.79 Å². The summed E-state index contributed by atoms with van der Waals surface area (Å²) in [6, 6.07) is 0. The number of hydrogen-bond donors (Lipinski definition) is 2. The first-order chi connectivity index (χ1) is 10.8. The Balaban J connectivity index is 3.89. The Kier molecular flexibility index (Phi) is 12.1. The molecule has 0 aliphatic heterocycles. The first-order valence-electron chi connectivity index (χ1n) is 8.84. The van der Waals surface area contributed by atoms with Crippen LogP contribution in [0.15, 0.2) is 0 Å². The Morgan fingerprint density at radius 3 is 2.09 bits per heavy atom. The van der Waals surface area contributed by atoms with Crippen molar-refractivity contribution < 1.29 is 14.6 Å². The molecule has 0 saturated carbocycles. The molecule has 0 heterocycles. The number of aliphatic hydroxyl groups is 1. The van der Waals surface area contributed by atoms with Gasteiger partial charge in [-0.25, -0.2) is 4.79 Å². The van der Waals surface area contributed by atoms with E-state index in [0.29, 0.717) is 13.1 Å². The number of hydrogen-bond acceptors (Lipinski definition) is 5. The molecule has 6 nitrogen and oxygen atoms in total. The van der Waals surface area contributed by atoms with E-state index in [0.717, 1.165) is 45.6 Å². The minimum Gasteiger partial charge on any atom is -0.444 e. The number of carbonyl (C=O) groups is 1. The maximum absolute atomic E-state index is 11.5. The zero-order valence-electron chi connectivity index (χ0n) is 15.7. The van der Waals surface area contributed by atoms with Crippen molar-refractivity contribution in [2.45, 2.75) is 53.1 Å². The van der Waals surface area contributed by atoms with Gasteiger partial charge < -0.3 is 25.0 Å². The van der Waals surface area contributed by atoms with E-state index in [1.165, 1.54) is 0 Å². The number of amides is 1. The lowest BCUT2D eigenvalue weighted by Crippen LogP contribution is -2.36. The van der Waals surface area contributed by atoms with Gasteiger partial charge in [-0.1, -0.05) is 13.8 Å². The largest absolute Gasteiger partial charge is 0.444 e. The summed E-state index contributed by atoms with van der Waals surface area (Å²) in [5.74, 6) is 0. The molecule has 0 rings (SSSR count). The van der Waals surface area contributed by atoms with Gasteiger partial charge in [0, 0.05) is 13.1 Å². The molecule has 0 aromatic rings. The molecule has 23 heavy (non-hydrogen) atoms. The third kappa shape index (κ3) is 13.3. The fourth-order valence-corrected chi connectivity index (χ4v) is 2.34. The predicted molar refractivity (Wildman–Crippen MR) is 94.8 cm³/mol. The standard InChI is InChI=1S/C17H37N3O3/c1-6-19(7-2)12-9-13-20(14-15-21)11-8-10-18-16(22)23-17(3,4)5/h21H,6-15H2,1-5H3,(H,18,22). The molecule has 0 unspecified atom stereocenters. The van der Waals surface area contributed by atoms with Crippen molar-refractivity contribution in [1.82, 2.24) is 15.1 Å². The van der Waals surface area contributed by atoms with E-state index < -0.39 is 5.60 Å². The van der Waals surface area contributed by atoms with Crippen LogP contribution >= 0.6 is 0 Å². The van der Waals surface area contributed by atoms with Gasteiger partial charge in [-0.05, 0) is 66.3 Å². The second kappa shape index (κ2) is 12.6. The zero-order chi connectivity index (χ0) is 17.7. The lowest BCUT2D eigenvalue weighted by atomic mass is 10.2. The van der Waals surface area contributed by atoms with Crippen molar-refractivity contribution >= 4 is 6.09 Å². The summed E-state index contributed by atoms with van der Waals surface area (Å²) in [4.78, 5) is 16.2. The van der Waals surface area contributed by atoms with Gasteiger partial charge >= 0.3 is 6.09 Å². The first kappa shape index (κ1) is 22.1. The number of ether oxygens (including phenoxy) is 1. The molecular weight excluding hydrogens is 294 g/mol. The van der Waals surface area contributed by atoms with Gasteiger partial charge in [0.05, 0.1) is 6.61 Å².